The van der Waals surface area contributed by atoms with Gasteiger partial charge in [-0.05, 0) is 0 Å². The first-order valence-corrected chi connectivity index (χ1v) is 1.87. The van der Waals surface area contributed by atoms with Gasteiger partial charge in [0.1, 0.15) is 0 Å². The normalized spacial score (nSPS) is 7.11. The average Bonchev–Trinajstić information content (AvgIpc) is 2.11. The molecule has 0 radical (unpaired) electrons. The van der Waals surface area contributed by atoms with Crippen LogP contribution in [0.25, 0.3) is 0 Å². The van der Waals surface area contributed by atoms with Crippen molar-refractivity contribution >= 4 is 0 Å². The summed E-state index contributed by atoms with van der Waals surface area (Å²) in [6, 6.07) is 0. The zero-order valence-corrected chi connectivity index (χ0v) is 4.26. The molecule has 0 spiro atoms. The van der Waals surface area contributed by atoms with Gasteiger partial charge in [-0.2, -0.15) is 0 Å². The van der Waals surface area contributed by atoms with Gasteiger partial charge in [-0.3, -0.25) is 5.10 Å². The molecule has 0 saturated heterocycles. The van der Waals surface area contributed by atoms with Crippen molar-refractivity contribution < 1.29 is 10.3 Å². The highest BCUT2D eigenvalue weighted by atomic mass is 16.9. The number of nitrogens with one attached hydrogen (secondary N) is 1. The lowest BCUT2D eigenvalue weighted by Gasteiger charge is -1.56. The summed E-state index contributed by atoms with van der Waals surface area (Å²) in [5.74, 6) is 0. The largest absolute Gasteiger partial charge is 0.328 e. The third-order valence-corrected chi connectivity index (χ3v) is 0.331. The standard InChI is InChI=1S/C2H3N3.HNO3/c1-2-4-5-3-1;2-1(3)4/h1-2H,(H,3,4,5);(H,2,3,4). The molecule has 7 nitrogen and oxygen atoms in total. The molecular weight excluding hydrogens is 128 g/mol. The lowest BCUT2D eigenvalue weighted by atomic mass is 11.0. The molecule has 0 unspecified atom stereocenters. The van der Waals surface area contributed by atoms with Gasteiger partial charge in [0.15, 0.2) is 0 Å². The summed E-state index contributed by atoms with van der Waals surface area (Å²) in [5.41, 5.74) is 0. The van der Waals surface area contributed by atoms with E-state index in [9.17, 15) is 0 Å². The van der Waals surface area contributed by atoms with Gasteiger partial charge in [0.2, 0.25) is 0 Å². The zero-order valence-electron chi connectivity index (χ0n) is 4.26. The van der Waals surface area contributed by atoms with Crippen molar-refractivity contribution in [1.29, 1.82) is 0 Å². The van der Waals surface area contributed by atoms with Gasteiger partial charge in [0.05, 0.1) is 6.20 Å². The molecule has 0 bridgehead atoms. The van der Waals surface area contributed by atoms with E-state index < -0.39 is 5.09 Å². The van der Waals surface area contributed by atoms with E-state index in [1.54, 1.807) is 12.4 Å². The second-order valence-electron chi connectivity index (χ2n) is 0.898. The van der Waals surface area contributed by atoms with Crippen LogP contribution in [0.3, 0.4) is 0 Å². The van der Waals surface area contributed by atoms with Crippen molar-refractivity contribution in [2.24, 2.45) is 0 Å². The highest BCUT2D eigenvalue weighted by molar-refractivity contribution is 4.54. The number of aromatic amines is 1. The Balaban J connectivity index is 0.000000148. The van der Waals surface area contributed by atoms with Crippen LogP contribution >= 0.6 is 0 Å². The molecule has 1 aromatic rings. The topological polar surface area (TPSA) is 105 Å². The van der Waals surface area contributed by atoms with Crippen molar-refractivity contribution in [2.45, 2.75) is 0 Å². The summed E-state index contributed by atoms with van der Waals surface area (Å²) in [6.07, 6.45) is 3.24. The fourth-order valence-corrected chi connectivity index (χ4v) is 0.167. The number of hydrogen-bond donors (Lipinski definition) is 2. The summed E-state index contributed by atoms with van der Waals surface area (Å²) in [4.78, 5) is 8.36. The Labute approximate surface area is 49.4 Å². The van der Waals surface area contributed by atoms with Gasteiger partial charge in [-0.15, -0.1) is 15.2 Å². The molecule has 0 fully saturated rings. The van der Waals surface area contributed by atoms with Crippen molar-refractivity contribution in [3.05, 3.63) is 22.5 Å². The van der Waals surface area contributed by atoms with Gasteiger partial charge in [0, 0.05) is 6.20 Å². The van der Waals surface area contributed by atoms with Gasteiger partial charge in [-0.1, -0.05) is 5.21 Å². The third-order valence-electron chi connectivity index (χ3n) is 0.331. The second kappa shape index (κ2) is 4.50. The molecule has 2 N–H and O–H groups in total. The minimum atomic E-state index is -1.50. The van der Waals surface area contributed by atoms with Gasteiger partial charge in [-0.25, -0.2) is 0 Å². The van der Waals surface area contributed by atoms with E-state index in [-0.39, 0.29) is 0 Å². The maximum absolute atomic E-state index is 8.36. The van der Waals surface area contributed by atoms with E-state index in [1.165, 1.54) is 0 Å². The van der Waals surface area contributed by atoms with Crippen molar-refractivity contribution in [3.8, 4) is 0 Å². The maximum Gasteiger partial charge on any atom is 0.291 e. The lowest BCUT2D eigenvalue weighted by Crippen LogP contribution is -1.81. The minimum Gasteiger partial charge on any atom is -0.328 e. The van der Waals surface area contributed by atoms with Crippen LogP contribution in [0.1, 0.15) is 0 Å². The molecule has 0 aliphatic carbocycles. The Hall–Kier alpha value is -1.66. The van der Waals surface area contributed by atoms with Crippen LogP contribution in [0.5, 0.6) is 0 Å². The Bertz CT molecular complexity index is 128. The highest BCUT2D eigenvalue weighted by Gasteiger charge is 1.65. The number of nitrogens with zero attached hydrogens (tertiary/aromatic N) is 3. The molecule has 1 rings (SSSR count). The van der Waals surface area contributed by atoms with Crippen molar-refractivity contribution in [3.63, 3.8) is 0 Å². The molecule has 0 aliphatic heterocycles. The quantitative estimate of drug-likeness (QED) is 0.364. The van der Waals surface area contributed by atoms with E-state index in [0.29, 0.717) is 0 Å². The maximum atomic E-state index is 8.36. The van der Waals surface area contributed by atoms with E-state index in [0.717, 1.165) is 0 Å². The summed E-state index contributed by atoms with van der Waals surface area (Å²) >= 11 is 0. The van der Waals surface area contributed by atoms with Crippen LogP contribution in [0.15, 0.2) is 12.4 Å². The summed E-state index contributed by atoms with van der Waals surface area (Å²) in [6.45, 7) is 0. The lowest BCUT2D eigenvalue weighted by molar-refractivity contribution is -0.742. The van der Waals surface area contributed by atoms with Crippen LogP contribution in [0, 0.1) is 10.1 Å². The molecule has 9 heavy (non-hydrogen) atoms. The summed E-state index contributed by atoms with van der Waals surface area (Å²) < 4.78 is 0. The van der Waals surface area contributed by atoms with Crippen molar-refractivity contribution in [1.82, 2.24) is 15.4 Å². The average molecular weight is 132 g/mol. The molecule has 50 valence electrons. The summed E-state index contributed by atoms with van der Waals surface area (Å²) in [5, 5.41) is 22.9. The van der Waals surface area contributed by atoms with Crippen LogP contribution in [0.2, 0.25) is 0 Å². The molecule has 0 atom stereocenters. The molecule has 0 saturated carbocycles. The van der Waals surface area contributed by atoms with Crippen LogP contribution in [-0.2, 0) is 0 Å². The molecule has 0 amide bonds. The first-order valence-electron chi connectivity index (χ1n) is 1.87. The molecule has 0 aromatic carbocycles. The fraction of sp³-hybridized carbons (Fsp3) is 0. The van der Waals surface area contributed by atoms with E-state index >= 15 is 0 Å². The van der Waals surface area contributed by atoms with E-state index in [1.807, 2.05) is 0 Å². The summed E-state index contributed by atoms with van der Waals surface area (Å²) in [7, 11) is 0. The number of aromatic nitrogens is 3. The zero-order chi connectivity index (χ0) is 7.11. The molecule has 0 aliphatic rings. The predicted octanol–water partition coefficient (Wildman–Crippen LogP) is -0.543. The number of hydrogen-bond acceptors (Lipinski definition) is 4. The molecule has 7 heteroatoms. The predicted molar refractivity (Wildman–Crippen MR) is 25.2 cm³/mol. The Kier molecular flexibility index (Phi) is 3.67. The van der Waals surface area contributed by atoms with Gasteiger partial charge < -0.3 is 5.21 Å². The third kappa shape index (κ3) is 10.7. The highest BCUT2D eigenvalue weighted by Crippen LogP contribution is 1.55. The van der Waals surface area contributed by atoms with Crippen LogP contribution < -0.4 is 0 Å². The van der Waals surface area contributed by atoms with Gasteiger partial charge >= 0.3 is 0 Å². The minimum absolute atomic E-state index is 1.50. The SMILES string of the molecule is O=[N+]([O-])O.c1c[nH]nn1. The smallest absolute Gasteiger partial charge is 0.291 e. The Morgan fingerprint density at radius 2 is 2.33 bits per heavy atom. The fourth-order valence-electron chi connectivity index (χ4n) is 0.167. The number of rotatable bonds is 0. The monoisotopic (exact) mass is 132 g/mol. The van der Waals surface area contributed by atoms with E-state index in [2.05, 4.69) is 15.4 Å². The first-order chi connectivity index (χ1) is 4.23. The molecular formula is C2H4N4O3. The molecule has 1 heterocycles. The van der Waals surface area contributed by atoms with Gasteiger partial charge in [0.25, 0.3) is 5.09 Å². The number of H-pyrrole nitrogens is 1. The van der Waals surface area contributed by atoms with Crippen LogP contribution in [0.4, 0.5) is 0 Å². The Morgan fingerprint density at radius 3 is 2.44 bits per heavy atom. The molecule has 1 aromatic heterocycles. The second-order valence-corrected chi connectivity index (χ2v) is 0.898. The van der Waals surface area contributed by atoms with E-state index in [4.69, 9.17) is 15.3 Å². The Morgan fingerprint density at radius 1 is 1.78 bits per heavy atom. The van der Waals surface area contributed by atoms with Crippen molar-refractivity contribution in [2.75, 3.05) is 0 Å². The first kappa shape index (κ1) is 7.34. The van der Waals surface area contributed by atoms with Crippen LogP contribution in [-0.4, -0.2) is 25.7 Å².